The Balaban J connectivity index is 1.78. The number of benzene rings is 2. The highest BCUT2D eigenvalue weighted by Crippen LogP contribution is 2.26. The maximum Gasteiger partial charge on any atom is 0.405 e. The molecule has 2 aromatic carbocycles. The molecule has 0 spiro atoms. The van der Waals surface area contributed by atoms with Crippen LogP contribution in [0.5, 0.6) is 0 Å². The van der Waals surface area contributed by atoms with Gasteiger partial charge in [0.15, 0.2) is 6.61 Å². The van der Waals surface area contributed by atoms with Crippen molar-refractivity contribution < 1.29 is 37.1 Å². The number of amides is 3. The van der Waals surface area contributed by atoms with Crippen LogP contribution in [0.2, 0.25) is 0 Å². The Morgan fingerprint density at radius 3 is 2.03 bits per heavy atom. The van der Waals surface area contributed by atoms with E-state index >= 15 is 0 Å². The van der Waals surface area contributed by atoms with Crippen LogP contribution in [0.3, 0.4) is 0 Å². The van der Waals surface area contributed by atoms with Gasteiger partial charge in [-0.3, -0.25) is 19.3 Å². The number of ether oxygens (including phenoxy) is 1. The Bertz CT molecular complexity index is 973. The summed E-state index contributed by atoms with van der Waals surface area (Å²) in [6.07, 6.45) is -4.70. The van der Waals surface area contributed by atoms with Crippen molar-refractivity contribution in [2.75, 3.05) is 13.2 Å². The first kappa shape index (κ1) is 22.0. The highest BCUT2D eigenvalue weighted by molar-refractivity contribution is 6.22. The molecule has 3 rings (SSSR count). The maximum atomic E-state index is 12.8. The van der Waals surface area contributed by atoms with Crippen molar-refractivity contribution in [1.29, 1.82) is 0 Å². The van der Waals surface area contributed by atoms with E-state index in [1.165, 1.54) is 12.1 Å². The van der Waals surface area contributed by atoms with Gasteiger partial charge < -0.3 is 10.1 Å². The number of carbonyl (C=O) groups is 4. The molecule has 3 amide bonds. The van der Waals surface area contributed by atoms with Gasteiger partial charge in [-0.05, 0) is 17.7 Å². The fourth-order valence-corrected chi connectivity index (χ4v) is 3.09. The van der Waals surface area contributed by atoms with Gasteiger partial charge in [0, 0.05) is 6.42 Å². The van der Waals surface area contributed by atoms with Gasteiger partial charge in [-0.25, -0.2) is 4.79 Å². The van der Waals surface area contributed by atoms with E-state index in [1.54, 1.807) is 47.8 Å². The van der Waals surface area contributed by atoms with E-state index in [1.807, 2.05) is 0 Å². The molecule has 0 radical (unpaired) electrons. The summed E-state index contributed by atoms with van der Waals surface area (Å²) in [6.45, 7) is -2.56. The number of nitrogens with one attached hydrogen (secondary N) is 1. The predicted octanol–water partition coefficient (Wildman–Crippen LogP) is 2.12. The van der Waals surface area contributed by atoms with Gasteiger partial charge in [0.25, 0.3) is 17.7 Å². The van der Waals surface area contributed by atoms with Crippen LogP contribution < -0.4 is 5.32 Å². The molecular weight excluding hydrogens is 417 g/mol. The SMILES string of the molecule is O=C(COC(=O)[C@H](Cc1ccccc1)N1C(=O)c2ccccc2C1=O)NCC(F)(F)F. The number of alkyl halides is 3. The lowest BCUT2D eigenvalue weighted by molar-refractivity contribution is -0.154. The monoisotopic (exact) mass is 434 g/mol. The average Bonchev–Trinajstić information content (AvgIpc) is 2.99. The Labute approximate surface area is 174 Å². The Morgan fingerprint density at radius 1 is 0.935 bits per heavy atom. The molecule has 10 heteroatoms. The molecule has 162 valence electrons. The minimum atomic E-state index is -4.62. The lowest BCUT2D eigenvalue weighted by atomic mass is 10.0. The van der Waals surface area contributed by atoms with Gasteiger partial charge in [0.2, 0.25) is 0 Å². The lowest BCUT2D eigenvalue weighted by Gasteiger charge is -2.24. The molecular formula is C21H17F3N2O5. The van der Waals surface area contributed by atoms with Crippen molar-refractivity contribution in [3.8, 4) is 0 Å². The third kappa shape index (κ3) is 5.27. The first-order valence-electron chi connectivity index (χ1n) is 9.18. The zero-order valence-electron chi connectivity index (χ0n) is 16.0. The molecule has 0 fully saturated rings. The van der Waals surface area contributed by atoms with Crippen LogP contribution in [0, 0.1) is 0 Å². The summed E-state index contributed by atoms with van der Waals surface area (Å²) >= 11 is 0. The highest BCUT2D eigenvalue weighted by Gasteiger charge is 2.43. The fraction of sp³-hybridized carbons (Fsp3) is 0.238. The molecule has 1 aliphatic heterocycles. The normalized spacial score (nSPS) is 14.2. The predicted molar refractivity (Wildman–Crippen MR) is 101 cm³/mol. The van der Waals surface area contributed by atoms with Gasteiger partial charge in [0.1, 0.15) is 12.6 Å². The fourth-order valence-electron chi connectivity index (χ4n) is 3.09. The van der Waals surface area contributed by atoms with E-state index in [2.05, 4.69) is 0 Å². The number of nitrogens with zero attached hydrogens (tertiary/aromatic N) is 1. The number of hydrogen-bond donors (Lipinski definition) is 1. The molecule has 31 heavy (non-hydrogen) atoms. The van der Waals surface area contributed by atoms with Crippen molar-refractivity contribution in [2.24, 2.45) is 0 Å². The Kier molecular flexibility index (Phi) is 6.38. The minimum absolute atomic E-state index is 0.0880. The van der Waals surface area contributed by atoms with Gasteiger partial charge >= 0.3 is 12.1 Å². The summed E-state index contributed by atoms with van der Waals surface area (Å²) in [5.41, 5.74) is 0.866. The second-order valence-electron chi connectivity index (χ2n) is 6.73. The maximum absolute atomic E-state index is 12.8. The molecule has 7 nitrogen and oxygen atoms in total. The first-order valence-corrected chi connectivity index (χ1v) is 9.18. The van der Waals surface area contributed by atoms with Crippen LogP contribution in [0.25, 0.3) is 0 Å². The third-order valence-corrected chi connectivity index (χ3v) is 4.51. The number of carbonyl (C=O) groups excluding carboxylic acids is 4. The highest BCUT2D eigenvalue weighted by atomic mass is 19.4. The molecule has 0 aliphatic carbocycles. The number of halogens is 3. The van der Waals surface area contributed by atoms with E-state index in [0.717, 1.165) is 4.90 Å². The zero-order valence-corrected chi connectivity index (χ0v) is 16.0. The first-order chi connectivity index (χ1) is 14.7. The third-order valence-electron chi connectivity index (χ3n) is 4.51. The summed E-state index contributed by atoms with van der Waals surface area (Å²) in [4.78, 5) is 50.6. The van der Waals surface area contributed by atoms with Crippen molar-refractivity contribution in [3.63, 3.8) is 0 Å². The van der Waals surface area contributed by atoms with Crippen molar-refractivity contribution >= 4 is 23.7 Å². The molecule has 1 aliphatic rings. The molecule has 0 aromatic heterocycles. The van der Waals surface area contributed by atoms with Gasteiger partial charge in [0.05, 0.1) is 11.1 Å². The van der Waals surface area contributed by atoms with Gasteiger partial charge in [-0.15, -0.1) is 0 Å². The van der Waals surface area contributed by atoms with Crippen LogP contribution in [0.1, 0.15) is 26.3 Å². The number of imide groups is 1. The van der Waals surface area contributed by atoms with E-state index in [-0.39, 0.29) is 17.5 Å². The van der Waals surface area contributed by atoms with Crippen molar-refractivity contribution in [3.05, 3.63) is 71.3 Å². The van der Waals surface area contributed by atoms with E-state index in [9.17, 15) is 32.3 Å². The molecule has 0 bridgehead atoms. The van der Waals surface area contributed by atoms with Crippen LogP contribution >= 0.6 is 0 Å². The topological polar surface area (TPSA) is 92.8 Å². The number of rotatable bonds is 7. The number of fused-ring (bicyclic) bond motifs is 1. The number of hydrogen-bond acceptors (Lipinski definition) is 5. The van der Waals surface area contributed by atoms with Crippen molar-refractivity contribution in [1.82, 2.24) is 10.2 Å². The smallest absolute Gasteiger partial charge is 0.405 e. The summed E-state index contributed by atoms with van der Waals surface area (Å²) < 4.78 is 41.5. The van der Waals surface area contributed by atoms with Gasteiger partial charge in [-0.2, -0.15) is 13.2 Å². The van der Waals surface area contributed by atoms with E-state index in [0.29, 0.717) is 5.56 Å². The van der Waals surface area contributed by atoms with E-state index < -0.39 is 49.1 Å². The molecule has 0 saturated heterocycles. The van der Waals surface area contributed by atoms with Crippen molar-refractivity contribution in [2.45, 2.75) is 18.6 Å². The zero-order chi connectivity index (χ0) is 22.6. The van der Waals surface area contributed by atoms with Crippen LogP contribution in [-0.2, 0) is 20.7 Å². The average molecular weight is 434 g/mol. The van der Waals surface area contributed by atoms with Crippen LogP contribution in [0.4, 0.5) is 13.2 Å². The molecule has 1 atom stereocenters. The minimum Gasteiger partial charge on any atom is -0.454 e. The van der Waals surface area contributed by atoms with Crippen LogP contribution in [0.15, 0.2) is 54.6 Å². The second-order valence-corrected chi connectivity index (χ2v) is 6.73. The molecule has 0 unspecified atom stereocenters. The molecule has 0 saturated carbocycles. The summed E-state index contributed by atoms with van der Waals surface area (Å²) in [7, 11) is 0. The summed E-state index contributed by atoms with van der Waals surface area (Å²) in [5.74, 6) is -3.63. The Hall–Kier alpha value is -3.69. The molecule has 1 heterocycles. The lowest BCUT2D eigenvalue weighted by Crippen LogP contribution is -2.47. The van der Waals surface area contributed by atoms with Crippen LogP contribution in [-0.4, -0.2) is 54.0 Å². The Morgan fingerprint density at radius 2 is 1.48 bits per heavy atom. The van der Waals surface area contributed by atoms with E-state index in [4.69, 9.17) is 4.74 Å². The standard InChI is InChI=1S/C21H17F3N2O5/c22-21(23,24)12-25-17(27)11-31-20(30)16(10-13-6-2-1-3-7-13)26-18(28)14-8-4-5-9-15(14)19(26)29/h1-9,16H,10-12H2,(H,25,27)/t16-/m0/s1. The second kappa shape index (κ2) is 8.99. The quantitative estimate of drug-likeness (QED) is 0.532. The largest absolute Gasteiger partial charge is 0.454 e. The summed E-state index contributed by atoms with van der Waals surface area (Å²) in [6, 6.07) is 13.1. The summed E-state index contributed by atoms with van der Waals surface area (Å²) in [5, 5.41) is 1.58. The molecule has 1 N–H and O–H groups in total. The molecule has 2 aromatic rings. The van der Waals surface area contributed by atoms with Gasteiger partial charge in [-0.1, -0.05) is 42.5 Å². The number of esters is 1.